The summed E-state index contributed by atoms with van der Waals surface area (Å²) in [5, 5.41) is 8.14. The van der Waals surface area contributed by atoms with E-state index in [1.807, 2.05) is 81.0 Å². The molecule has 182 valence electrons. The normalized spacial score (nSPS) is 16.6. The maximum Gasteiger partial charge on any atom is 0.251 e. The van der Waals surface area contributed by atoms with E-state index in [0.717, 1.165) is 40.6 Å². The molecule has 2 amide bonds. The molecule has 6 heteroatoms. The van der Waals surface area contributed by atoms with E-state index in [9.17, 15) is 9.59 Å². The molecule has 1 fully saturated rings. The zero-order valence-corrected chi connectivity index (χ0v) is 20.6. The number of hydrogen-bond acceptors (Lipinski definition) is 4. The molecule has 0 saturated heterocycles. The lowest BCUT2D eigenvalue weighted by atomic mass is 10.1. The highest BCUT2D eigenvalue weighted by atomic mass is 16.2. The monoisotopic (exact) mass is 478 g/mol. The second-order valence-electron chi connectivity index (χ2n) is 9.74. The van der Waals surface area contributed by atoms with Crippen LogP contribution in [0.15, 0.2) is 85.2 Å². The third-order valence-electron chi connectivity index (χ3n) is 6.58. The van der Waals surface area contributed by atoms with Crippen molar-refractivity contribution in [3.63, 3.8) is 0 Å². The number of benzene rings is 3. The van der Waals surface area contributed by atoms with Crippen LogP contribution in [0.4, 0.5) is 5.69 Å². The van der Waals surface area contributed by atoms with Crippen molar-refractivity contribution in [2.24, 2.45) is 5.92 Å². The van der Waals surface area contributed by atoms with Crippen LogP contribution in [0.3, 0.4) is 0 Å². The van der Waals surface area contributed by atoms with E-state index in [0.29, 0.717) is 12.1 Å². The third kappa shape index (κ3) is 5.61. The van der Waals surface area contributed by atoms with Crippen molar-refractivity contribution in [1.82, 2.24) is 15.2 Å². The van der Waals surface area contributed by atoms with E-state index in [1.165, 1.54) is 5.56 Å². The van der Waals surface area contributed by atoms with Crippen molar-refractivity contribution in [3.05, 3.63) is 107 Å². The van der Waals surface area contributed by atoms with Gasteiger partial charge in [0, 0.05) is 48.0 Å². The van der Waals surface area contributed by atoms with Gasteiger partial charge in [0.2, 0.25) is 5.91 Å². The number of amides is 2. The quantitative estimate of drug-likeness (QED) is 0.375. The summed E-state index contributed by atoms with van der Waals surface area (Å²) >= 11 is 0. The van der Waals surface area contributed by atoms with Crippen LogP contribution in [0.2, 0.25) is 0 Å². The van der Waals surface area contributed by atoms with E-state index >= 15 is 0 Å². The molecule has 1 aromatic heterocycles. The Morgan fingerprint density at radius 3 is 2.56 bits per heavy atom. The SMILES string of the molecule is CN(C)Cc1cccc(CNC(=O)c2ccc([C@@H]3C[C@H]3C(=O)Nc3ccc4cnccc4c3)cc2)c1. The van der Waals surface area contributed by atoms with Crippen LogP contribution in [0.25, 0.3) is 10.8 Å². The van der Waals surface area contributed by atoms with Crippen LogP contribution in [-0.2, 0) is 17.9 Å². The van der Waals surface area contributed by atoms with E-state index < -0.39 is 0 Å². The lowest BCUT2D eigenvalue weighted by molar-refractivity contribution is -0.117. The van der Waals surface area contributed by atoms with Crippen LogP contribution < -0.4 is 10.6 Å². The van der Waals surface area contributed by atoms with Gasteiger partial charge in [-0.1, -0.05) is 42.5 Å². The number of nitrogens with one attached hydrogen (secondary N) is 2. The maximum atomic E-state index is 12.8. The lowest BCUT2D eigenvalue weighted by Crippen LogP contribution is -2.23. The summed E-state index contributed by atoms with van der Waals surface area (Å²) in [6, 6.07) is 23.7. The highest BCUT2D eigenvalue weighted by Gasteiger charge is 2.43. The van der Waals surface area contributed by atoms with Gasteiger partial charge in [-0.25, -0.2) is 0 Å². The summed E-state index contributed by atoms with van der Waals surface area (Å²) in [5.41, 5.74) is 4.80. The van der Waals surface area contributed by atoms with Gasteiger partial charge >= 0.3 is 0 Å². The maximum absolute atomic E-state index is 12.8. The first kappa shape index (κ1) is 23.7. The molecule has 0 unspecified atom stereocenters. The molecular formula is C30H30N4O2. The second-order valence-corrected chi connectivity index (χ2v) is 9.74. The predicted molar refractivity (Wildman–Crippen MR) is 143 cm³/mol. The van der Waals surface area contributed by atoms with Crippen molar-refractivity contribution >= 4 is 28.3 Å². The van der Waals surface area contributed by atoms with Gasteiger partial charge in [0.15, 0.2) is 0 Å². The van der Waals surface area contributed by atoms with Gasteiger partial charge < -0.3 is 15.5 Å². The number of carbonyl (C=O) groups excluding carboxylic acids is 2. The van der Waals surface area contributed by atoms with Gasteiger partial charge in [-0.3, -0.25) is 14.6 Å². The summed E-state index contributed by atoms with van der Waals surface area (Å²) in [4.78, 5) is 31.7. The van der Waals surface area contributed by atoms with Crippen LogP contribution >= 0.6 is 0 Å². The number of hydrogen-bond donors (Lipinski definition) is 2. The molecule has 2 N–H and O–H groups in total. The Labute approximate surface area is 211 Å². The third-order valence-corrected chi connectivity index (χ3v) is 6.58. The van der Waals surface area contributed by atoms with Crippen molar-refractivity contribution < 1.29 is 9.59 Å². The number of carbonyl (C=O) groups is 2. The Hall–Kier alpha value is -4.03. The Kier molecular flexibility index (Phi) is 6.78. The summed E-state index contributed by atoms with van der Waals surface area (Å²) < 4.78 is 0. The average molecular weight is 479 g/mol. The molecule has 0 bridgehead atoms. The molecule has 0 spiro atoms. The molecule has 36 heavy (non-hydrogen) atoms. The molecule has 5 rings (SSSR count). The minimum absolute atomic E-state index is 0.0340. The first-order chi connectivity index (χ1) is 17.5. The highest BCUT2D eigenvalue weighted by molar-refractivity contribution is 5.97. The fourth-order valence-corrected chi connectivity index (χ4v) is 4.62. The van der Waals surface area contributed by atoms with Crippen molar-refractivity contribution in [2.45, 2.75) is 25.4 Å². The summed E-state index contributed by atoms with van der Waals surface area (Å²) in [6.45, 7) is 1.35. The number of anilines is 1. The first-order valence-electron chi connectivity index (χ1n) is 12.2. The van der Waals surface area contributed by atoms with E-state index in [2.05, 4.69) is 32.7 Å². The molecule has 1 heterocycles. The highest BCUT2D eigenvalue weighted by Crippen LogP contribution is 2.48. The van der Waals surface area contributed by atoms with Crippen molar-refractivity contribution in [2.75, 3.05) is 19.4 Å². The Morgan fingerprint density at radius 1 is 0.944 bits per heavy atom. The standard InChI is InChI=1S/C30H30N4O2/c1-34(2)19-21-5-3-4-20(14-21)17-32-29(35)23-8-6-22(7-9-23)27-16-28(27)30(36)33-26-11-10-25-18-31-13-12-24(25)15-26/h3-15,18,27-28H,16-17,19H2,1-2H3,(H,32,35)(H,33,36)/t27-,28+/m0/s1. The molecule has 3 aromatic carbocycles. The fourth-order valence-electron chi connectivity index (χ4n) is 4.62. The molecule has 1 saturated carbocycles. The second kappa shape index (κ2) is 10.3. The zero-order chi connectivity index (χ0) is 25.1. The molecular weight excluding hydrogens is 448 g/mol. The topological polar surface area (TPSA) is 74.3 Å². The largest absolute Gasteiger partial charge is 0.348 e. The zero-order valence-electron chi connectivity index (χ0n) is 20.6. The van der Waals surface area contributed by atoms with Gasteiger partial charge in [0.25, 0.3) is 5.91 Å². The molecule has 1 aliphatic rings. The summed E-state index contributed by atoms with van der Waals surface area (Å²) in [6.07, 6.45) is 4.38. The van der Waals surface area contributed by atoms with Gasteiger partial charge in [-0.05, 0) is 78.8 Å². The van der Waals surface area contributed by atoms with Gasteiger partial charge in [-0.2, -0.15) is 0 Å². The Morgan fingerprint density at radius 2 is 1.75 bits per heavy atom. The average Bonchev–Trinajstić information content (AvgIpc) is 3.68. The van der Waals surface area contributed by atoms with Crippen molar-refractivity contribution in [3.8, 4) is 0 Å². The van der Waals surface area contributed by atoms with Crippen molar-refractivity contribution in [1.29, 1.82) is 0 Å². The number of pyridine rings is 1. The van der Waals surface area contributed by atoms with Crippen LogP contribution in [0.1, 0.15) is 39.4 Å². The molecule has 2 atom stereocenters. The number of aromatic nitrogens is 1. The van der Waals surface area contributed by atoms with E-state index in [1.54, 1.807) is 6.20 Å². The van der Waals surface area contributed by atoms with Crippen LogP contribution in [0, 0.1) is 5.92 Å². The Balaban J connectivity index is 1.14. The van der Waals surface area contributed by atoms with E-state index in [4.69, 9.17) is 0 Å². The first-order valence-corrected chi connectivity index (χ1v) is 12.2. The lowest BCUT2D eigenvalue weighted by Gasteiger charge is -2.11. The van der Waals surface area contributed by atoms with Gasteiger partial charge in [0.05, 0.1) is 0 Å². The molecule has 0 radical (unpaired) electrons. The number of rotatable bonds is 8. The van der Waals surface area contributed by atoms with Gasteiger partial charge in [0.1, 0.15) is 0 Å². The summed E-state index contributed by atoms with van der Waals surface area (Å²) in [5.74, 6) is 0.0707. The Bertz CT molecular complexity index is 1400. The van der Waals surface area contributed by atoms with Gasteiger partial charge in [-0.15, -0.1) is 0 Å². The number of nitrogens with zero attached hydrogens (tertiary/aromatic N) is 2. The minimum atomic E-state index is -0.101. The van der Waals surface area contributed by atoms with E-state index in [-0.39, 0.29) is 23.7 Å². The smallest absolute Gasteiger partial charge is 0.251 e. The molecule has 1 aliphatic carbocycles. The molecule has 0 aliphatic heterocycles. The van der Waals surface area contributed by atoms with Crippen LogP contribution in [-0.4, -0.2) is 35.8 Å². The predicted octanol–water partition coefficient (Wildman–Crippen LogP) is 4.97. The minimum Gasteiger partial charge on any atom is -0.348 e. The van der Waals surface area contributed by atoms with Crippen LogP contribution in [0.5, 0.6) is 0 Å². The molecule has 6 nitrogen and oxygen atoms in total. The fraction of sp³-hybridized carbons (Fsp3) is 0.233. The molecule has 4 aromatic rings. The number of fused-ring (bicyclic) bond motifs is 1. The summed E-state index contributed by atoms with van der Waals surface area (Å²) in [7, 11) is 4.08.